The number of benzene rings is 2. The summed E-state index contributed by atoms with van der Waals surface area (Å²) in [5.74, 6) is 5.95. The highest BCUT2D eigenvalue weighted by molar-refractivity contribution is 5.85. The van der Waals surface area contributed by atoms with E-state index in [0.717, 1.165) is 55.1 Å². The molecule has 0 saturated carbocycles. The molecule has 41 heavy (non-hydrogen) atoms. The fourth-order valence-electron chi connectivity index (χ4n) is 4.58. The number of nitrogens with zero attached hydrogens (tertiary/aromatic N) is 4. The predicted octanol–water partition coefficient (Wildman–Crippen LogP) is 4.43. The SMILES string of the molecule is COc1c(CN2CCCC2)cc(N)cc1C(F)(F)F.Cc1ccc(C=O)cc1N(N)/C=C(\N)C1=CC(C)N(C)N=C1. The van der Waals surface area contributed by atoms with E-state index in [1.807, 2.05) is 38.0 Å². The Labute approximate surface area is 238 Å². The molecule has 2 aromatic carbocycles. The van der Waals surface area contributed by atoms with Crippen LogP contribution in [0.4, 0.5) is 24.5 Å². The number of hydrogen-bond acceptors (Lipinski definition) is 9. The predicted molar refractivity (Wildman–Crippen MR) is 156 cm³/mol. The summed E-state index contributed by atoms with van der Waals surface area (Å²) in [4.78, 5) is 13.0. The fourth-order valence-corrected chi connectivity index (χ4v) is 4.58. The number of alkyl halides is 3. The Hall–Kier alpha value is -4.03. The highest BCUT2D eigenvalue weighted by atomic mass is 19.4. The van der Waals surface area contributed by atoms with E-state index in [1.54, 1.807) is 30.6 Å². The van der Waals surface area contributed by atoms with Crippen molar-refractivity contribution in [3.63, 3.8) is 0 Å². The van der Waals surface area contributed by atoms with Crippen LogP contribution in [0.3, 0.4) is 0 Å². The van der Waals surface area contributed by atoms with Crippen LogP contribution in [0.5, 0.6) is 5.75 Å². The molecule has 2 aliphatic heterocycles. The lowest BCUT2D eigenvalue weighted by atomic mass is 10.1. The molecule has 0 radical (unpaired) electrons. The minimum absolute atomic E-state index is 0.113. The first-order valence-electron chi connectivity index (χ1n) is 13.2. The van der Waals surface area contributed by atoms with Gasteiger partial charge in [0.05, 0.1) is 36.3 Å². The van der Waals surface area contributed by atoms with Gasteiger partial charge in [0.25, 0.3) is 0 Å². The van der Waals surface area contributed by atoms with Crippen molar-refractivity contribution >= 4 is 23.9 Å². The number of hydrazine groups is 1. The largest absolute Gasteiger partial charge is 0.496 e. The van der Waals surface area contributed by atoms with Crippen LogP contribution < -0.4 is 27.1 Å². The molecule has 2 aliphatic rings. The van der Waals surface area contributed by atoms with Crippen molar-refractivity contribution in [2.45, 2.75) is 45.5 Å². The summed E-state index contributed by atoms with van der Waals surface area (Å²) in [5.41, 5.74) is 15.1. The van der Waals surface area contributed by atoms with Crippen molar-refractivity contribution in [1.82, 2.24) is 9.91 Å². The summed E-state index contributed by atoms with van der Waals surface area (Å²) in [7, 11) is 3.16. The van der Waals surface area contributed by atoms with Gasteiger partial charge >= 0.3 is 6.18 Å². The zero-order valence-corrected chi connectivity index (χ0v) is 23.8. The summed E-state index contributed by atoms with van der Waals surface area (Å²) in [6.45, 7) is 6.20. The molecule has 0 spiro atoms. The molecule has 6 N–H and O–H groups in total. The molecular weight excluding hydrogens is 535 g/mol. The highest BCUT2D eigenvalue weighted by Gasteiger charge is 2.36. The first-order chi connectivity index (χ1) is 19.3. The van der Waals surface area contributed by atoms with E-state index in [-0.39, 0.29) is 17.5 Å². The summed E-state index contributed by atoms with van der Waals surface area (Å²) in [6, 6.07) is 7.98. The summed E-state index contributed by atoms with van der Waals surface area (Å²) in [5, 5.41) is 7.52. The standard InChI is InChI=1S/C16H21N5O.C13H17F3N2O/c1-11-4-5-13(10-22)7-16(11)21(18)9-15(17)14-6-12(2)20(3)19-8-14;1-19-12-9(8-18-4-2-3-5-18)6-10(17)7-11(12)13(14,15)16/h4-10,12H,17-18H2,1-3H3;6-7H,2-5,8,17H2,1H3/b15-9-;. The van der Waals surface area contributed by atoms with Gasteiger partial charge in [-0.15, -0.1) is 0 Å². The van der Waals surface area contributed by atoms with Crippen LogP contribution in [-0.2, 0) is 12.7 Å². The van der Waals surface area contributed by atoms with Gasteiger partial charge in [-0.2, -0.15) is 18.3 Å². The molecule has 12 heteroatoms. The van der Waals surface area contributed by atoms with E-state index < -0.39 is 11.7 Å². The molecule has 0 amide bonds. The van der Waals surface area contributed by atoms with Crippen molar-refractivity contribution in [1.29, 1.82) is 0 Å². The van der Waals surface area contributed by atoms with E-state index in [1.165, 1.54) is 12.1 Å². The van der Waals surface area contributed by atoms with Crippen LogP contribution in [0, 0.1) is 6.92 Å². The van der Waals surface area contributed by atoms with E-state index in [4.69, 9.17) is 22.0 Å². The third-order valence-corrected chi connectivity index (χ3v) is 6.94. The Morgan fingerprint density at radius 2 is 1.90 bits per heavy atom. The number of aryl methyl sites for hydroxylation is 1. The third kappa shape index (κ3) is 8.24. The Bertz CT molecular complexity index is 1320. The molecule has 9 nitrogen and oxygen atoms in total. The van der Waals surface area contributed by atoms with Gasteiger partial charge in [-0.1, -0.05) is 12.1 Å². The number of nitrogen functional groups attached to an aromatic ring is 1. The summed E-state index contributed by atoms with van der Waals surface area (Å²) < 4.78 is 43.8. The van der Waals surface area contributed by atoms with Crippen molar-refractivity contribution in [2.75, 3.05) is 38.0 Å². The maximum absolute atomic E-state index is 13.0. The maximum Gasteiger partial charge on any atom is 0.420 e. The Balaban J connectivity index is 0.000000228. The maximum atomic E-state index is 13.0. The van der Waals surface area contributed by atoms with Gasteiger partial charge in [-0.25, -0.2) is 5.84 Å². The van der Waals surface area contributed by atoms with Gasteiger partial charge in [-0.05, 0) is 69.6 Å². The van der Waals surface area contributed by atoms with Crippen molar-refractivity contribution in [3.05, 3.63) is 76.1 Å². The molecule has 0 aliphatic carbocycles. The monoisotopic (exact) mass is 573 g/mol. The number of hydrogen-bond donors (Lipinski definition) is 3. The molecule has 1 atom stereocenters. The zero-order chi connectivity index (χ0) is 30.3. The van der Waals surface area contributed by atoms with Crippen molar-refractivity contribution in [2.24, 2.45) is 16.7 Å². The molecule has 1 fully saturated rings. The molecule has 1 saturated heterocycles. The summed E-state index contributed by atoms with van der Waals surface area (Å²) >= 11 is 0. The molecule has 2 aromatic rings. The van der Waals surface area contributed by atoms with Crippen LogP contribution in [-0.4, -0.2) is 55.7 Å². The molecule has 0 bridgehead atoms. The van der Waals surface area contributed by atoms with E-state index in [9.17, 15) is 18.0 Å². The van der Waals surface area contributed by atoms with Crippen LogP contribution in [0.25, 0.3) is 0 Å². The number of methoxy groups -OCH3 is 1. The van der Waals surface area contributed by atoms with Gasteiger partial charge in [-0.3, -0.25) is 19.7 Å². The lowest BCUT2D eigenvalue weighted by Gasteiger charge is -2.24. The second kappa shape index (κ2) is 13.6. The van der Waals surface area contributed by atoms with Crippen molar-refractivity contribution < 1.29 is 22.7 Å². The van der Waals surface area contributed by atoms with Crippen LogP contribution in [0.15, 0.2) is 59.0 Å². The molecule has 0 aromatic heterocycles. The lowest BCUT2D eigenvalue weighted by Crippen LogP contribution is -2.29. The topological polar surface area (TPSA) is 126 Å². The normalized spacial score (nSPS) is 17.6. The van der Waals surface area contributed by atoms with E-state index in [0.29, 0.717) is 23.4 Å². The van der Waals surface area contributed by atoms with Gasteiger partial charge in [0, 0.05) is 42.2 Å². The minimum atomic E-state index is -4.46. The molecule has 1 unspecified atom stereocenters. The number of aldehydes is 1. The number of ether oxygens (including phenoxy) is 1. The number of likely N-dealkylation sites (N-methyl/N-ethyl adjacent to an activating group) is 1. The first kappa shape index (κ1) is 31.5. The number of hydrazone groups is 1. The molecule has 4 rings (SSSR count). The number of nitrogens with two attached hydrogens (primary N) is 3. The quantitative estimate of drug-likeness (QED) is 0.192. The van der Waals surface area contributed by atoms with Gasteiger partial charge in [0.15, 0.2) is 0 Å². The smallest absolute Gasteiger partial charge is 0.420 e. The number of likely N-dealkylation sites (tertiary alicyclic amines) is 1. The Kier molecular flexibility index (Phi) is 10.4. The third-order valence-electron chi connectivity index (χ3n) is 6.94. The number of halogens is 3. The molecule has 222 valence electrons. The van der Waals surface area contributed by atoms with E-state index in [2.05, 4.69) is 10.0 Å². The lowest BCUT2D eigenvalue weighted by molar-refractivity contribution is -0.138. The van der Waals surface area contributed by atoms with Crippen LogP contribution in [0.1, 0.15) is 46.8 Å². The summed E-state index contributed by atoms with van der Waals surface area (Å²) in [6.07, 6.45) is 3.84. The average Bonchev–Trinajstić information content (AvgIpc) is 3.43. The van der Waals surface area contributed by atoms with Gasteiger partial charge < -0.3 is 16.2 Å². The second-order valence-corrected chi connectivity index (χ2v) is 10.1. The minimum Gasteiger partial charge on any atom is -0.496 e. The fraction of sp³-hybridized carbons (Fsp3) is 0.379. The zero-order valence-electron chi connectivity index (χ0n) is 23.8. The first-order valence-corrected chi connectivity index (χ1v) is 13.2. The average molecular weight is 574 g/mol. The number of anilines is 2. The highest BCUT2D eigenvalue weighted by Crippen LogP contribution is 2.40. The molecule has 2 heterocycles. The number of carbonyl (C=O) groups excluding carboxylic acids is 1. The van der Waals surface area contributed by atoms with Crippen LogP contribution >= 0.6 is 0 Å². The molecular formula is C29H38F3N7O2. The van der Waals surface area contributed by atoms with Crippen LogP contribution in [0.2, 0.25) is 0 Å². The van der Waals surface area contributed by atoms with E-state index >= 15 is 0 Å². The second-order valence-electron chi connectivity index (χ2n) is 10.1. The number of rotatable bonds is 7. The van der Waals surface area contributed by atoms with Crippen molar-refractivity contribution in [3.8, 4) is 5.75 Å². The van der Waals surface area contributed by atoms with Gasteiger partial charge in [0.1, 0.15) is 12.0 Å². The number of allylic oxidation sites excluding steroid dienone is 1. The number of carbonyl (C=O) groups is 1. The van der Waals surface area contributed by atoms with Gasteiger partial charge in [0.2, 0.25) is 0 Å². The Morgan fingerprint density at radius 1 is 1.22 bits per heavy atom. The Morgan fingerprint density at radius 3 is 2.49 bits per heavy atom.